The number of hydrogen-bond donors (Lipinski definition) is 2. The summed E-state index contributed by atoms with van der Waals surface area (Å²) >= 11 is 0. The zero-order valence-corrected chi connectivity index (χ0v) is 17.0. The monoisotopic (exact) mass is 433 g/mol. The number of benzene rings is 3. The highest BCUT2D eigenvalue weighted by Crippen LogP contribution is 2.28. The molecule has 0 saturated heterocycles. The Balaban J connectivity index is 1.40. The van der Waals surface area contributed by atoms with E-state index in [1.165, 1.54) is 6.07 Å². The van der Waals surface area contributed by atoms with Gasteiger partial charge in [0.05, 0.1) is 0 Å². The Morgan fingerprint density at radius 1 is 1.00 bits per heavy atom. The molecular formula is C25H20FNO5. The molecule has 1 unspecified atom stereocenters. The van der Waals surface area contributed by atoms with Gasteiger partial charge in [0.15, 0.2) is 6.61 Å². The lowest BCUT2D eigenvalue weighted by Gasteiger charge is -2.14. The van der Waals surface area contributed by atoms with E-state index in [9.17, 15) is 19.1 Å². The number of carboxylic acid groups (broad SMARTS) is 1. The summed E-state index contributed by atoms with van der Waals surface area (Å²) in [7, 11) is 0. The number of furan rings is 1. The maximum Gasteiger partial charge on any atom is 0.408 e. The number of carboxylic acids is 1. The summed E-state index contributed by atoms with van der Waals surface area (Å²) < 4.78 is 24.9. The Kier molecular flexibility index (Phi) is 6.17. The van der Waals surface area contributed by atoms with Crippen molar-refractivity contribution in [2.45, 2.75) is 19.1 Å². The number of carbonyl (C=O) groups excluding carboxylic acids is 1. The molecule has 2 N–H and O–H groups in total. The number of alkyl carbamates (subject to hydrolysis) is 1. The van der Waals surface area contributed by atoms with Gasteiger partial charge in [0.25, 0.3) is 0 Å². The van der Waals surface area contributed by atoms with Crippen LogP contribution in [-0.4, -0.2) is 23.2 Å². The molecule has 1 amide bonds. The molecule has 7 heteroatoms. The third-order valence-corrected chi connectivity index (χ3v) is 4.97. The zero-order chi connectivity index (χ0) is 22.5. The molecule has 0 saturated carbocycles. The maximum atomic E-state index is 14.1. The molecule has 6 nitrogen and oxygen atoms in total. The Morgan fingerprint density at radius 2 is 1.75 bits per heavy atom. The quantitative estimate of drug-likeness (QED) is 0.420. The Bertz CT molecular complexity index is 1250. The first-order valence-electron chi connectivity index (χ1n) is 9.97. The van der Waals surface area contributed by atoms with E-state index in [4.69, 9.17) is 9.15 Å². The Morgan fingerprint density at radius 3 is 2.50 bits per heavy atom. The van der Waals surface area contributed by atoms with Crippen molar-refractivity contribution in [1.82, 2.24) is 5.32 Å². The standard InChI is InChI=1S/C25H20FNO5/c26-21-9-5-4-8-20(21)17-10-11-23-18(13-17)14-19(32-23)15-31-25(30)27-22(24(28)29)12-16-6-2-1-3-7-16/h1-11,13-14,22H,12,15H2,(H,27,30)(H,28,29). The summed E-state index contributed by atoms with van der Waals surface area (Å²) in [5.41, 5.74) is 2.53. The van der Waals surface area contributed by atoms with Crippen molar-refractivity contribution < 1.29 is 28.2 Å². The minimum absolute atomic E-state index is 0.134. The van der Waals surface area contributed by atoms with Gasteiger partial charge in [-0.2, -0.15) is 0 Å². The average molecular weight is 433 g/mol. The fourth-order valence-corrected chi connectivity index (χ4v) is 3.40. The predicted octanol–water partition coefficient (Wildman–Crippen LogP) is 5.16. The third-order valence-electron chi connectivity index (χ3n) is 4.97. The third kappa shape index (κ3) is 4.95. The number of carbonyl (C=O) groups is 2. The van der Waals surface area contributed by atoms with E-state index < -0.39 is 18.1 Å². The highest BCUT2D eigenvalue weighted by atomic mass is 19.1. The molecule has 162 valence electrons. The van der Waals surface area contributed by atoms with Crippen LogP contribution in [0.5, 0.6) is 0 Å². The molecule has 0 spiro atoms. The number of ether oxygens (including phenoxy) is 1. The smallest absolute Gasteiger partial charge is 0.408 e. The molecule has 1 heterocycles. The van der Waals surface area contributed by atoms with Crippen LogP contribution in [0.25, 0.3) is 22.1 Å². The van der Waals surface area contributed by atoms with Crippen molar-refractivity contribution >= 4 is 23.0 Å². The van der Waals surface area contributed by atoms with Gasteiger partial charge in [-0.15, -0.1) is 0 Å². The summed E-state index contributed by atoms with van der Waals surface area (Å²) in [4.78, 5) is 23.6. The first-order valence-corrected chi connectivity index (χ1v) is 9.97. The van der Waals surface area contributed by atoms with Gasteiger partial charge in [-0.3, -0.25) is 0 Å². The van der Waals surface area contributed by atoms with Crippen LogP contribution < -0.4 is 5.32 Å². The summed E-state index contributed by atoms with van der Waals surface area (Å²) in [5, 5.41) is 12.5. The summed E-state index contributed by atoms with van der Waals surface area (Å²) in [6.07, 6.45) is -0.727. The fraction of sp³-hybridized carbons (Fsp3) is 0.120. The van der Waals surface area contributed by atoms with Crippen LogP contribution >= 0.6 is 0 Å². The molecule has 0 radical (unpaired) electrons. The summed E-state index contributed by atoms with van der Waals surface area (Å²) in [6, 6.07) is 21.3. The largest absolute Gasteiger partial charge is 0.480 e. The molecule has 1 aromatic heterocycles. The van der Waals surface area contributed by atoms with Crippen LogP contribution in [0.3, 0.4) is 0 Å². The highest BCUT2D eigenvalue weighted by molar-refractivity contribution is 5.84. The highest BCUT2D eigenvalue weighted by Gasteiger charge is 2.21. The number of halogens is 1. The maximum absolute atomic E-state index is 14.1. The molecule has 0 aliphatic heterocycles. The van der Waals surface area contributed by atoms with E-state index in [0.717, 1.165) is 10.9 Å². The van der Waals surface area contributed by atoms with Crippen LogP contribution in [0.2, 0.25) is 0 Å². The molecule has 3 aromatic carbocycles. The van der Waals surface area contributed by atoms with Gasteiger partial charge in [0.2, 0.25) is 0 Å². The van der Waals surface area contributed by atoms with Crippen LogP contribution in [-0.2, 0) is 22.6 Å². The topological polar surface area (TPSA) is 88.8 Å². The predicted molar refractivity (Wildman–Crippen MR) is 116 cm³/mol. The van der Waals surface area contributed by atoms with Gasteiger partial charge in [0.1, 0.15) is 23.2 Å². The van der Waals surface area contributed by atoms with Crippen molar-refractivity contribution in [3.05, 3.63) is 96.0 Å². The first-order chi connectivity index (χ1) is 15.5. The van der Waals surface area contributed by atoms with E-state index in [-0.39, 0.29) is 18.8 Å². The van der Waals surface area contributed by atoms with Crippen molar-refractivity contribution in [2.24, 2.45) is 0 Å². The SMILES string of the molecule is O=C(NC(Cc1ccccc1)C(=O)O)OCc1cc2cc(-c3ccccc3F)ccc2o1. The van der Waals surface area contributed by atoms with Crippen molar-refractivity contribution in [1.29, 1.82) is 0 Å². The zero-order valence-electron chi connectivity index (χ0n) is 17.0. The van der Waals surface area contributed by atoms with Gasteiger partial charge in [-0.25, -0.2) is 14.0 Å². The second-order valence-electron chi connectivity index (χ2n) is 7.25. The van der Waals surface area contributed by atoms with Crippen LogP contribution in [0.1, 0.15) is 11.3 Å². The van der Waals surface area contributed by atoms with Crippen molar-refractivity contribution in [3.63, 3.8) is 0 Å². The minimum atomic E-state index is -1.16. The number of aliphatic carboxylic acids is 1. The van der Waals surface area contributed by atoms with Crippen molar-refractivity contribution in [3.8, 4) is 11.1 Å². The molecular weight excluding hydrogens is 413 g/mol. The van der Waals surface area contributed by atoms with E-state index in [1.807, 2.05) is 6.07 Å². The van der Waals surface area contributed by atoms with Crippen LogP contribution in [0.4, 0.5) is 9.18 Å². The molecule has 0 bridgehead atoms. The molecule has 32 heavy (non-hydrogen) atoms. The molecule has 1 atom stereocenters. The number of rotatable bonds is 7. The number of hydrogen-bond acceptors (Lipinski definition) is 4. The van der Waals surface area contributed by atoms with E-state index in [0.29, 0.717) is 22.5 Å². The molecule has 0 fully saturated rings. The molecule has 4 rings (SSSR count). The summed E-state index contributed by atoms with van der Waals surface area (Å²) in [6.45, 7) is -0.173. The average Bonchev–Trinajstić information content (AvgIpc) is 3.20. The van der Waals surface area contributed by atoms with E-state index in [1.54, 1.807) is 66.7 Å². The molecule has 4 aromatic rings. The van der Waals surface area contributed by atoms with Gasteiger partial charge in [-0.05, 0) is 35.4 Å². The lowest BCUT2D eigenvalue weighted by atomic mass is 10.0. The van der Waals surface area contributed by atoms with Crippen molar-refractivity contribution in [2.75, 3.05) is 0 Å². The second kappa shape index (κ2) is 9.34. The lowest BCUT2D eigenvalue weighted by molar-refractivity contribution is -0.139. The van der Waals surface area contributed by atoms with E-state index >= 15 is 0 Å². The van der Waals surface area contributed by atoms with Gasteiger partial charge in [-0.1, -0.05) is 54.6 Å². The fourth-order valence-electron chi connectivity index (χ4n) is 3.40. The molecule has 0 aliphatic rings. The van der Waals surface area contributed by atoms with Gasteiger partial charge < -0.3 is 19.6 Å². The summed E-state index contributed by atoms with van der Waals surface area (Å²) in [5.74, 6) is -1.09. The minimum Gasteiger partial charge on any atom is -0.480 e. The van der Waals surface area contributed by atoms with E-state index in [2.05, 4.69) is 5.32 Å². The Hall–Kier alpha value is -4.13. The van der Waals surface area contributed by atoms with Crippen LogP contribution in [0, 0.1) is 5.82 Å². The van der Waals surface area contributed by atoms with Gasteiger partial charge in [0, 0.05) is 17.4 Å². The lowest BCUT2D eigenvalue weighted by Crippen LogP contribution is -2.42. The normalized spacial score (nSPS) is 11.8. The number of nitrogens with one attached hydrogen (secondary N) is 1. The Labute approximate surface area is 183 Å². The second-order valence-corrected chi connectivity index (χ2v) is 7.25. The van der Waals surface area contributed by atoms with Gasteiger partial charge >= 0.3 is 12.1 Å². The molecule has 0 aliphatic carbocycles. The first kappa shape index (κ1) is 21.1. The number of amides is 1. The number of fused-ring (bicyclic) bond motifs is 1. The van der Waals surface area contributed by atoms with Crippen LogP contribution in [0.15, 0.2) is 83.3 Å².